The van der Waals surface area contributed by atoms with Gasteiger partial charge in [-0.15, -0.1) is 11.3 Å². The number of hydrazine groups is 1. The molecule has 0 bridgehead atoms. The molecule has 5 nitrogen and oxygen atoms in total. The predicted molar refractivity (Wildman–Crippen MR) is 114 cm³/mol. The minimum Gasteiger partial charge on any atom is -0.267 e. The van der Waals surface area contributed by atoms with E-state index in [9.17, 15) is 9.59 Å². The molecule has 0 radical (unpaired) electrons. The lowest BCUT2D eigenvalue weighted by Crippen LogP contribution is -2.41. The summed E-state index contributed by atoms with van der Waals surface area (Å²) in [5, 5.41) is 2.03. The van der Waals surface area contributed by atoms with Gasteiger partial charge in [0.2, 0.25) is 0 Å². The van der Waals surface area contributed by atoms with Crippen LogP contribution in [0.5, 0.6) is 0 Å². The minimum atomic E-state index is -0.353. The largest absolute Gasteiger partial charge is 0.269 e. The molecule has 1 heterocycles. The Balaban J connectivity index is 1.50. The first-order valence-electron chi connectivity index (χ1n) is 8.88. The molecular weight excluding hydrogens is 390 g/mol. The van der Waals surface area contributed by atoms with Gasteiger partial charge in [-0.05, 0) is 48.7 Å². The number of aromatic nitrogens is 1. The minimum absolute atomic E-state index is 0.345. The Bertz CT molecular complexity index is 951. The van der Waals surface area contributed by atoms with Gasteiger partial charge in [-0.3, -0.25) is 20.4 Å². The fourth-order valence-electron chi connectivity index (χ4n) is 2.45. The van der Waals surface area contributed by atoms with Crippen molar-refractivity contribution in [1.82, 2.24) is 15.8 Å². The smallest absolute Gasteiger partial charge is 0.267 e. The summed E-state index contributed by atoms with van der Waals surface area (Å²) in [5.41, 5.74) is 9.18. The van der Waals surface area contributed by atoms with Crippen molar-refractivity contribution in [3.05, 3.63) is 81.9 Å². The van der Waals surface area contributed by atoms with Crippen molar-refractivity contribution in [1.29, 1.82) is 0 Å². The first kappa shape index (κ1) is 20.1. The van der Waals surface area contributed by atoms with Crippen molar-refractivity contribution in [3.63, 3.8) is 0 Å². The van der Waals surface area contributed by atoms with E-state index in [0.717, 1.165) is 33.3 Å². The maximum atomic E-state index is 12.2. The Morgan fingerprint density at radius 3 is 1.93 bits per heavy atom. The lowest BCUT2D eigenvalue weighted by atomic mass is 10.1. The summed E-state index contributed by atoms with van der Waals surface area (Å²) in [5.74, 6) is 0.0929. The summed E-state index contributed by atoms with van der Waals surface area (Å²) >= 11 is 3.31. The first-order chi connectivity index (χ1) is 13.5. The Hall–Kier alpha value is -2.64. The zero-order valence-electron chi connectivity index (χ0n) is 15.7. The third-order valence-corrected chi connectivity index (χ3v) is 6.30. The number of thioether (sulfide) groups is 1. The van der Waals surface area contributed by atoms with Crippen LogP contribution in [0.3, 0.4) is 0 Å². The van der Waals surface area contributed by atoms with Gasteiger partial charge in [0.25, 0.3) is 11.8 Å². The molecule has 0 atom stereocenters. The van der Waals surface area contributed by atoms with Crippen molar-refractivity contribution >= 4 is 34.9 Å². The number of amides is 2. The first-order valence-corrected chi connectivity index (χ1v) is 10.7. The summed E-state index contributed by atoms with van der Waals surface area (Å²) in [6.07, 6.45) is 0.913. The lowest BCUT2D eigenvalue weighted by molar-refractivity contribution is 0.0846. The third kappa shape index (κ3) is 5.43. The van der Waals surface area contributed by atoms with E-state index in [-0.39, 0.29) is 11.8 Å². The molecule has 2 aromatic carbocycles. The van der Waals surface area contributed by atoms with Crippen LogP contribution in [0.4, 0.5) is 0 Å². The van der Waals surface area contributed by atoms with E-state index in [1.807, 2.05) is 36.6 Å². The molecule has 2 N–H and O–H groups in total. The van der Waals surface area contributed by atoms with Gasteiger partial charge in [-0.1, -0.05) is 43.0 Å². The maximum Gasteiger partial charge on any atom is 0.269 e. The molecule has 0 spiro atoms. The molecule has 0 aliphatic heterocycles. The Morgan fingerprint density at radius 2 is 1.46 bits per heavy atom. The molecule has 7 heteroatoms. The number of hydrogen-bond donors (Lipinski definition) is 2. The van der Waals surface area contributed by atoms with E-state index in [0.29, 0.717) is 11.1 Å². The van der Waals surface area contributed by atoms with Gasteiger partial charge in [-0.25, -0.2) is 4.98 Å². The number of hydrogen-bond acceptors (Lipinski definition) is 5. The van der Waals surface area contributed by atoms with E-state index in [4.69, 9.17) is 0 Å². The summed E-state index contributed by atoms with van der Waals surface area (Å²) in [7, 11) is 0. The zero-order chi connectivity index (χ0) is 19.9. The maximum absolute atomic E-state index is 12.2. The average Bonchev–Trinajstić information content (AvgIpc) is 3.16. The van der Waals surface area contributed by atoms with Crippen LogP contribution in [0.2, 0.25) is 0 Å². The SMILES string of the molecule is CCc1ccc(C(=O)NNC(=O)c2ccc(CSc3nc(C)cs3)cc2)cc1. The second-order valence-corrected chi connectivity index (χ2v) is 8.28. The fourth-order valence-corrected chi connectivity index (χ4v) is 4.25. The van der Waals surface area contributed by atoms with E-state index in [1.54, 1.807) is 47.4 Å². The number of rotatable bonds is 6. The number of carbonyl (C=O) groups is 2. The molecule has 2 amide bonds. The molecule has 28 heavy (non-hydrogen) atoms. The summed E-state index contributed by atoms with van der Waals surface area (Å²) in [6.45, 7) is 4.03. The molecule has 3 rings (SSSR count). The lowest BCUT2D eigenvalue weighted by Gasteiger charge is -2.08. The molecule has 0 aliphatic carbocycles. The molecule has 0 saturated carbocycles. The van der Waals surface area contributed by atoms with E-state index >= 15 is 0 Å². The van der Waals surface area contributed by atoms with Gasteiger partial charge in [-0.2, -0.15) is 0 Å². The van der Waals surface area contributed by atoms with Gasteiger partial charge in [0, 0.05) is 28.0 Å². The van der Waals surface area contributed by atoms with Gasteiger partial charge >= 0.3 is 0 Å². The van der Waals surface area contributed by atoms with Crippen LogP contribution in [0, 0.1) is 6.92 Å². The molecular formula is C21H21N3O2S2. The van der Waals surface area contributed by atoms with Crippen molar-refractivity contribution in [2.24, 2.45) is 0 Å². The normalized spacial score (nSPS) is 10.5. The summed E-state index contributed by atoms with van der Waals surface area (Å²) in [4.78, 5) is 28.8. The van der Waals surface area contributed by atoms with Crippen LogP contribution in [0.1, 0.15) is 44.5 Å². The average molecular weight is 412 g/mol. The molecule has 0 aliphatic rings. The molecule has 3 aromatic rings. The van der Waals surface area contributed by atoms with Gasteiger partial charge in [0.05, 0.1) is 0 Å². The monoisotopic (exact) mass is 411 g/mol. The Labute approximate surface area is 172 Å². The van der Waals surface area contributed by atoms with Gasteiger partial charge in [0.1, 0.15) is 4.34 Å². The third-order valence-electron chi connectivity index (χ3n) is 4.09. The topological polar surface area (TPSA) is 71.1 Å². The molecule has 0 saturated heterocycles. The van der Waals surface area contributed by atoms with Crippen LogP contribution in [-0.4, -0.2) is 16.8 Å². The van der Waals surface area contributed by atoms with E-state index in [1.165, 1.54) is 0 Å². The number of carbonyl (C=O) groups excluding carboxylic acids is 2. The zero-order valence-corrected chi connectivity index (χ0v) is 17.3. The van der Waals surface area contributed by atoms with Crippen LogP contribution in [-0.2, 0) is 12.2 Å². The van der Waals surface area contributed by atoms with Crippen molar-refractivity contribution in [2.75, 3.05) is 0 Å². The van der Waals surface area contributed by atoms with Gasteiger partial charge < -0.3 is 0 Å². The van der Waals surface area contributed by atoms with Crippen LogP contribution in [0.25, 0.3) is 0 Å². The molecule has 0 unspecified atom stereocenters. The van der Waals surface area contributed by atoms with Crippen molar-refractivity contribution in [3.8, 4) is 0 Å². The second kappa shape index (κ2) is 9.52. The quantitative estimate of drug-likeness (QED) is 0.466. The van der Waals surface area contributed by atoms with Crippen LogP contribution >= 0.6 is 23.1 Å². The molecule has 1 aromatic heterocycles. The van der Waals surface area contributed by atoms with Crippen molar-refractivity contribution in [2.45, 2.75) is 30.4 Å². The fraction of sp³-hybridized carbons (Fsp3) is 0.190. The number of thiazole rings is 1. The van der Waals surface area contributed by atoms with Gasteiger partial charge in [0.15, 0.2) is 0 Å². The number of nitrogens with zero attached hydrogens (tertiary/aromatic N) is 1. The highest BCUT2D eigenvalue weighted by Gasteiger charge is 2.09. The molecule has 0 fully saturated rings. The highest BCUT2D eigenvalue weighted by Crippen LogP contribution is 2.26. The Morgan fingerprint density at radius 1 is 0.929 bits per heavy atom. The summed E-state index contributed by atoms with van der Waals surface area (Å²) < 4.78 is 1.04. The second-order valence-electron chi connectivity index (χ2n) is 6.20. The van der Waals surface area contributed by atoms with E-state index < -0.39 is 0 Å². The predicted octanol–water partition coefficient (Wildman–Crippen LogP) is 4.38. The molecule has 144 valence electrons. The van der Waals surface area contributed by atoms with Crippen LogP contribution < -0.4 is 10.9 Å². The Kier molecular flexibility index (Phi) is 6.84. The van der Waals surface area contributed by atoms with Crippen molar-refractivity contribution < 1.29 is 9.59 Å². The number of aryl methyl sites for hydroxylation is 2. The summed E-state index contributed by atoms with van der Waals surface area (Å²) in [6, 6.07) is 14.6. The standard InChI is InChI=1S/C21H21N3O2S2/c1-3-15-4-8-17(9-5-15)19(25)23-24-20(26)18-10-6-16(7-11-18)13-28-21-22-14(2)12-27-21/h4-12H,3,13H2,1-2H3,(H,23,25)(H,24,26). The van der Waals surface area contributed by atoms with Crippen LogP contribution in [0.15, 0.2) is 58.3 Å². The number of benzene rings is 2. The van der Waals surface area contributed by atoms with E-state index in [2.05, 4.69) is 22.8 Å². The number of nitrogens with one attached hydrogen (secondary N) is 2. The highest BCUT2D eigenvalue weighted by molar-refractivity contribution is 8.00. The highest BCUT2D eigenvalue weighted by atomic mass is 32.2.